The van der Waals surface area contributed by atoms with Crippen molar-refractivity contribution in [2.24, 2.45) is 0 Å². The third kappa shape index (κ3) is 3.54. The summed E-state index contributed by atoms with van der Waals surface area (Å²) in [6.07, 6.45) is 0.495. The summed E-state index contributed by atoms with van der Waals surface area (Å²) < 4.78 is 14.7. The van der Waals surface area contributed by atoms with E-state index in [1.807, 2.05) is 99.6 Å². The average Bonchev–Trinajstić information content (AvgIpc) is 2.73. The van der Waals surface area contributed by atoms with Crippen LogP contribution in [0.1, 0.15) is 30.0 Å². The summed E-state index contributed by atoms with van der Waals surface area (Å²) in [6, 6.07) is 27.4. The number of aryl methyl sites for hydroxylation is 2. The topological polar surface area (TPSA) is 52.9 Å². The van der Waals surface area contributed by atoms with Crippen molar-refractivity contribution in [3.63, 3.8) is 0 Å². The smallest absolute Gasteiger partial charge is 0.206 e. The van der Waals surface area contributed by atoms with E-state index in [9.17, 15) is 9.83 Å². The number of nitrogens with zero attached hydrogens (tertiary/aromatic N) is 1. The number of benzene rings is 3. The van der Waals surface area contributed by atoms with Crippen LogP contribution in [0.25, 0.3) is 0 Å². The minimum absolute atomic E-state index is 0.495. The van der Waals surface area contributed by atoms with E-state index in [4.69, 9.17) is 0 Å². The fourth-order valence-electron chi connectivity index (χ4n) is 3.59. The lowest BCUT2D eigenvalue weighted by molar-refractivity contribution is 0.484. The highest BCUT2D eigenvalue weighted by Gasteiger charge is 2.41. The van der Waals surface area contributed by atoms with Gasteiger partial charge in [0.1, 0.15) is 5.54 Å². The van der Waals surface area contributed by atoms with Crippen LogP contribution in [0.3, 0.4) is 0 Å². The lowest BCUT2D eigenvalue weighted by Crippen LogP contribution is -2.44. The van der Waals surface area contributed by atoms with E-state index in [-0.39, 0.29) is 0 Å². The maximum absolute atomic E-state index is 14.7. The maximum Gasteiger partial charge on any atom is 0.206 e. The van der Waals surface area contributed by atoms with Gasteiger partial charge in [0.15, 0.2) is 0 Å². The lowest BCUT2D eigenvalue weighted by Gasteiger charge is -2.34. The summed E-state index contributed by atoms with van der Waals surface area (Å²) in [7, 11) is -3.29. The molecule has 142 valence electrons. The van der Waals surface area contributed by atoms with Crippen molar-refractivity contribution in [3.05, 3.63) is 95.6 Å². The van der Waals surface area contributed by atoms with Crippen LogP contribution in [0, 0.1) is 25.2 Å². The molecule has 0 saturated heterocycles. The summed E-state index contributed by atoms with van der Waals surface area (Å²) in [5.74, 6) is 0. The third-order valence-electron chi connectivity index (χ3n) is 5.25. The second kappa shape index (κ2) is 8.15. The molecule has 0 heterocycles. The largest absolute Gasteiger partial charge is 0.296 e. The number of nitrogens with one attached hydrogen (secondary N) is 1. The number of hydrogen-bond acceptors (Lipinski definition) is 2. The van der Waals surface area contributed by atoms with Gasteiger partial charge in [0.2, 0.25) is 7.29 Å². The lowest BCUT2D eigenvalue weighted by atomic mass is 9.90. The molecule has 0 spiro atoms. The molecule has 3 nitrogen and oxygen atoms in total. The minimum atomic E-state index is -3.29. The minimum Gasteiger partial charge on any atom is -0.296 e. The normalized spacial score (nSPS) is 13.5. The summed E-state index contributed by atoms with van der Waals surface area (Å²) in [4.78, 5) is 0. The molecule has 1 atom stereocenters. The van der Waals surface area contributed by atoms with Gasteiger partial charge in [0, 0.05) is 10.6 Å². The van der Waals surface area contributed by atoms with Gasteiger partial charge >= 0.3 is 0 Å². The van der Waals surface area contributed by atoms with Crippen molar-refractivity contribution < 1.29 is 4.57 Å². The first-order chi connectivity index (χ1) is 13.5. The van der Waals surface area contributed by atoms with Gasteiger partial charge in [-0.1, -0.05) is 73.7 Å². The zero-order chi connectivity index (χ0) is 20.2. The first-order valence-corrected chi connectivity index (χ1v) is 11.2. The van der Waals surface area contributed by atoms with E-state index < -0.39 is 12.8 Å². The molecule has 0 aliphatic heterocycles. The first kappa shape index (κ1) is 20.1. The maximum atomic E-state index is 14.7. The Kier molecular flexibility index (Phi) is 5.84. The van der Waals surface area contributed by atoms with Gasteiger partial charge in [-0.05, 0) is 49.1 Å². The highest BCUT2D eigenvalue weighted by atomic mass is 31.2. The Hall–Kier alpha value is -2.66. The van der Waals surface area contributed by atoms with E-state index in [2.05, 4.69) is 11.2 Å². The molecule has 0 fully saturated rings. The van der Waals surface area contributed by atoms with Crippen LogP contribution >= 0.6 is 7.29 Å². The Morgan fingerprint density at radius 2 is 1.32 bits per heavy atom. The molecule has 0 saturated carbocycles. The van der Waals surface area contributed by atoms with E-state index >= 15 is 0 Å². The fraction of sp³-hybridized carbons (Fsp3) is 0.208. The van der Waals surface area contributed by atoms with Crippen molar-refractivity contribution in [2.45, 2.75) is 32.7 Å². The number of hydrogen-bond donors (Lipinski definition) is 1. The molecule has 28 heavy (non-hydrogen) atoms. The Labute approximate surface area is 167 Å². The highest BCUT2D eigenvalue weighted by molar-refractivity contribution is 7.77. The molecule has 0 aromatic heterocycles. The molecule has 0 radical (unpaired) electrons. The molecular formula is C24H25N2OP. The Bertz CT molecular complexity index is 1010. The zero-order valence-electron chi connectivity index (χ0n) is 16.5. The van der Waals surface area contributed by atoms with Crippen LogP contribution in [-0.2, 0) is 10.1 Å². The highest BCUT2D eigenvalue weighted by Crippen LogP contribution is 2.46. The van der Waals surface area contributed by atoms with Gasteiger partial charge in [-0.15, -0.1) is 0 Å². The number of nitriles is 1. The van der Waals surface area contributed by atoms with Gasteiger partial charge in [-0.2, -0.15) is 5.26 Å². The fourth-order valence-corrected chi connectivity index (χ4v) is 6.70. The monoisotopic (exact) mass is 388 g/mol. The van der Waals surface area contributed by atoms with Crippen molar-refractivity contribution >= 4 is 17.9 Å². The van der Waals surface area contributed by atoms with E-state index in [1.54, 1.807) is 0 Å². The first-order valence-electron chi connectivity index (χ1n) is 9.45. The summed E-state index contributed by atoms with van der Waals surface area (Å²) in [6.45, 7) is 5.87. The molecular weight excluding hydrogens is 363 g/mol. The predicted molar refractivity (Wildman–Crippen MR) is 116 cm³/mol. The third-order valence-corrected chi connectivity index (χ3v) is 8.30. The Morgan fingerprint density at radius 3 is 1.75 bits per heavy atom. The van der Waals surface area contributed by atoms with E-state index in [1.165, 1.54) is 0 Å². The molecule has 0 unspecified atom stereocenters. The molecule has 0 aliphatic rings. The molecule has 3 aromatic carbocycles. The van der Waals surface area contributed by atoms with E-state index in [0.29, 0.717) is 6.42 Å². The number of rotatable bonds is 6. The molecule has 3 rings (SSSR count). The van der Waals surface area contributed by atoms with Crippen molar-refractivity contribution in [2.75, 3.05) is 0 Å². The molecule has 0 aliphatic carbocycles. The average molecular weight is 388 g/mol. The molecule has 0 bridgehead atoms. The summed E-state index contributed by atoms with van der Waals surface area (Å²) in [5.41, 5.74) is 1.65. The SMILES string of the molecule is CC[C@](C#N)(NP(=O)(c1ccccc1C)c1ccccc1C)c1ccccc1. The Morgan fingerprint density at radius 1 is 0.857 bits per heavy atom. The Balaban J connectivity index is 2.27. The second-order valence-corrected chi connectivity index (χ2v) is 9.44. The predicted octanol–water partition coefficient (Wildman–Crippen LogP) is 4.95. The van der Waals surface area contributed by atoms with Crippen molar-refractivity contribution in [3.8, 4) is 6.07 Å². The quantitative estimate of drug-likeness (QED) is 0.608. The summed E-state index contributed by atoms with van der Waals surface area (Å²) >= 11 is 0. The van der Waals surface area contributed by atoms with Gasteiger partial charge in [-0.3, -0.25) is 4.57 Å². The van der Waals surface area contributed by atoms with Crippen LogP contribution in [-0.4, -0.2) is 0 Å². The van der Waals surface area contributed by atoms with Gasteiger partial charge in [0.05, 0.1) is 6.07 Å². The molecule has 1 N–H and O–H groups in total. The zero-order valence-corrected chi connectivity index (χ0v) is 17.4. The molecule has 4 heteroatoms. The molecule has 0 amide bonds. The summed E-state index contributed by atoms with van der Waals surface area (Å²) in [5, 5.41) is 15.0. The van der Waals surface area contributed by atoms with Crippen LogP contribution in [0.4, 0.5) is 0 Å². The van der Waals surface area contributed by atoms with Crippen molar-refractivity contribution in [1.29, 1.82) is 5.26 Å². The van der Waals surface area contributed by atoms with Gasteiger partial charge in [-0.25, -0.2) is 5.09 Å². The van der Waals surface area contributed by atoms with Gasteiger partial charge in [0.25, 0.3) is 0 Å². The van der Waals surface area contributed by atoms with Crippen LogP contribution < -0.4 is 15.7 Å². The second-order valence-electron chi connectivity index (χ2n) is 7.03. The molecule has 3 aromatic rings. The van der Waals surface area contributed by atoms with E-state index in [0.717, 1.165) is 27.3 Å². The van der Waals surface area contributed by atoms with Crippen LogP contribution in [0.15, 0.2) is 78.9 Å². The van der Waals surface area contributed by atoms with Gasteiger partial charge < -0.3 is 0 Å². The standard InChI is InChI=1S/C24H25N2OP/c1-4-24(18-25,21-14-6-5-7-15-21)26-28(27,22-16-10-8-12-19(22)2)23-17-11-9-13-20(23)3/h5-17H,4H2,1-3H3,(H,26,27)/t24-/m1/s1. The van der Waals surface area contributed by atoms with Crippen LogP contribution in [0.2, 0.25) is 0 Å². The van der Waals surface area contributed by atoms with Crippen LogP contribution in [0.5, 0.6) is 0 Å². The van der Waals surface area contributed by atoms with Crippen molar-refractivity contribution in [1.82, 2.24) is 5.09 Å².